The molecule has 4 aliphatic carbocycles. The van der Waals surface area contributed by atoms with Crippen LogP contribution in [0.3, 0.4) is 0 Å². The van der Waals surface area contributed by atoms with E-state index in [-0.39, 0.29) is 31.4 Å². The summed E-state index contributed by atoms with van der Waals surface area (Å²) in [7, 11) is 0. The number of carboxylic acid groups (broad SMARTS) is 1. The summed E-state index contributed by atoms with van der Waals surface area (Å²) < 4.78 is 0.0836. The van der Waals surface area contributed by atoms with Crippen LogP contribution in [0.2, 0.25) is 0 Å². The van der Waals surface area contributed by atoms with Gasteiger partial charge in [0.15, 0.2) is 5.78 Å². The van der Waals surface area contributed by atoms with Crippen molar-refractivity contribution in [3.63, 3.8) is 0 Å². The van der Waals surface area contributed by atoms with Crippen molar-refractivity contribution >= 4 is 49.2 Å². The summed E-state index contributed by atoms with van der Waals surface area (Å²) in [5, 5.41) is 9.22. The van der Waals surface area contributed by atoms with Gasteiger partial charge in [-0.05, 0) is 80.1 Å². The average Bonchev–Trinajstić information content (AvgIpc) is 2.97. The third-order valence-electron chi connectivity index (χ3n) is 9.17. The van der Waals surface area contributed by atoms with E-state index >= 15 is 0 Å². The SMILES string of the molecule is CC12CCC3C(CCC4=CC(=O)C[C@H](SC(=O)I)C43C)C1CC[C@H]2CCC(=O)O. The Morgan fingerprint density at radius 1 is 1.21 bits per heavy atom. The summed E-state index contributed by atoms with van der Waals surface area (Å²) in [5.74, 6) is 1.83. The van der Waals surface area contributed by atoms with E-state index in [1.165, 1.54) is 23.8 Å². The van der Waals surface area contributed by atoms with Crippen molar-refractivity contribution in [1.82, 2.24) is 0 Å². The Bertz CT molecular complexity index is 764. The normalized spacial score (nSPS) is 43.8. The van der Waals surface area contributed by atoms with Crippen LogP contribution in [0.4, 0.5) is 4.79 Å². The number of carbonyl (C=O) groups excluding carboxylic acids is 2. The summed E-state index contributed by atoms with van der Waals surface area (Å²) in [5.41, 5.74) is 1.47. The minimum absolute atomic E-state index is 0.0563. The molecule has 1 N–H and O–H groups in total. The summed E-state index contributed by atoms with van der Waals surface area (Å²) in [6.07, 6.45) is 10.2. The highest BCUT2D eigenvalue weighted by molar-refractivity contribution is 14.1. The van der Waals surface area contributed by atoms with Gasteiger partial charge in [-0.15, -0.1) is 0 Å². The van der Waals surface area contributed by atoms with Crippen molar-refractivity contribution in [3.05, 3.63) is 11.6 Å². The fraction of sp³-hybridized carbons (Fsp3) is 0.783. The quantitative estimate of drug-likeness (QED) is 0.343. The fourth-order valence-electron chi connectivity index (χ4n) is 7.74. The van der Waals surface area contributed by atoms with Crippen molar-refractivity contribution in [3.8, 4) is 0 Å². The van der Waals surface area contributed by atoms with Crippen LogP contribution in [-0.4, -0.2) is 25.2 Å². The third-order valence-corrected chi connectivity index (χ3v) is 11.1. The number of rotatable bonds is 4. The third kappa shape index (κ3) is 3.64. The molecule has 4 aliphatic rings. The highest BCUT2D eigenvalue weighted by Gasteiger charge is 2.60. The van der Waals surface area contributed by atoms with E-state index in [9.17, 15) is 14.4 Å². The molecule has 0 aromatic heterocycles. The maximum atomic E-state index is 12.4. The maximum absolute atomic E-state index is 12.4. The topological polar surface area (TPSA) is 71.4 Å². The Labute approximate surface area is 191 Å². The lowest BCUT2D eigenvalue weighted by Gasteiger charge is -2.60. The number of halogens is 1. The van der Waals surface area contributed by atoms with Gasteiger partial charge >= 0.3 is 5.97 Å². The summed E-state index contributed by atoms with van der Waals surface area (Å²) >= 11 is 3.24. The summed E-state index contributed by atoms with van der Waals surface area (Å²) in [6, 6.07) is 0. The molecule has 7 atom stereocenters. The van der Waals surface area contributed by atoms with Crippen molar-refractivity contribution < 1.29 is 19.5 Å². The molecule has 0 aliphatic heterocycles. The van der Waals surface area contributed by atoms with Gasteiger partial charge in [0, 0.05) is 46.1 Å². The molecule has 3 saturated carbocycles. The second-order valence-corrected chi connectivity index (χ2v) is 13.0. The molecule has 0 spiro atoms. The minimum Gasteiger partial charge on any atom is -0.481 e. The average molecular weight is 530 g/mol. The lowest BCUT2D eigenvalue weighted by Crippen LogP contribution is -2.54. The zero-order valence-corrected chi connectivity index (χ0v) is 20.3. The number of ketones is 1. The Balaban J connectivity index is 1.62. The van der Waals surface area contributed by atoms with Crippen LogP contribution in [0.5, 0.6) is 0 Å². The number of carbonyl (C=O) groups is 3. The minimum atomic E-state index is -0.680. The molecular formula is C23H31IO4S. The largest absolute Gasteiger partial charge is 0.481 e. The number of allylic oxidation sites excluding steroid dienone is 1. The zero-order chi connectivity index (χ0) is 21.0. The molecule has 0 radical (unpaired) electrons. The summed E-state index contributed by atoms with van der Waals surface area (Å²) in [6.45, 7) is 4.75. The molecule has 4 rings (SSSR count). The number of hydrogen-bond acceptors (Lipinski definition) is 4. The predicted octanol–water partition coefficient (Wildman–Crippen LogP) is 6.27. The lowest BCUT2D eigenvalue weighted by molar-refractivity contribution is -0.137. The highest BCUT2D eigenvalue weighted by Crippen LogP contribution is 2.68. The molecule has 160 valence electrons. The Kier molecular flexibility index (Phi) is 5.99. The van der Waals surface area contributed by atoms with Gasteiger partial charge in [-0.1, -0.05) is 31.2 Å². The Morgan fingerprint density at radius 2 is 1.97 bits per heavy atom. The van der Waals surface area contributed by atoms with Gasteiger partial charge in [0.1, 0.15) is 0 Å². The van der Waals surface area contributed by atoms with Gasteiger partial charge in [-0.2, -0.15) is 0 Å². The van der Waals surface area contributed by atoms with E-state index < -0.39 is 5.97 Å². The van der Waals surface area contributed by atoms with Crippen LogP contribution in [0, 0.1) is 34.5 Å². The molecule has 0 heterocycles. The van der Waals surface area contributed by atoms with Crippen molar-refractivity contribution in [2.24, 2.45) is 34.5 Å². The second-order valence-electron chi connectivity index (χ2n) is 10.1. The van der Waals surface area contributed by atoms with Crippen LogP contribution >= 0.6 is 34.4 Å². The molecule has 0 aromatic rings. The summed E-state index contributed by atoms with van der Waals surface area (Å²) in [4.78, 5) is 35.5. The van der Waals surface area contributed by atoms with Gasteiger partial charge in [-0.3, -0.25) is 14.4 Å². The molecule has 3 fully saturated rings. The van der Waals surface area contributed by atoms with Crippen LogP contribution < -0.4 is 0 Å². The zero-order valence-electron chi connectivity index (χ0n) is 17.3. The molecule has 0 amide bonds. The number of hydrogen-bond donors (Lipinski definition) is 1. The molecule has 29 heavy (non-hydrogen) atoms. The van der Waals surface area contributed by atoms with E-state index in [1.54, 1.807) is 0 Å². The Hall–Kier alpha value is -0.370. The molecular weight excluding hydrogens is 499 g/mol. The van der Waals surface area contributed by atoms with Gasteiger partial charge in [-0.25, -0.2) is 0 Å². The molecule has 6 heteroatoms. The highest BCUT2D eigenvalue weighted by atomic mass is 127. The van der Waals surface area contributed by atoms with Gasteiger partial charge in [0.25, 0.3) is 0 Å². The first-order chi connectivity index (χ1) is 13.7. The molecule has 5 unspecified atom stereocenters. The van der Waals surface area contributed by atoms with Crippen molar-refractivity contribution in [2.75, 3.05) is 0 Å². The molecule has 0 saturated heterocycles. The van der Waals surface area contributed by atoms with E-state index in [0.29, 0.717) is 30.1 Å². The van der Waals surface area contributed by atoms with Crippen molar-refractivity contribution in [2.45, 2.75) is 76.9 Å². The van der Waals surface area contributed by atoms with Crippen LogP contribution in [0.1, 0.15) is 71.6 Å². The Morgan fingerprint density at radius 3 is 2.66 bits per heavy atom. The van der Waals surface area contributed by atoms with E-state index in [0.717, 1.165) is 38.5 Å². The van der Waals surface area contributed by atoms with E-state index in [2.05, 4.69) is 13.8 Å². The molecule has 4 nitrogen and oxygen atoms in total. The smallest absolute Gasteiger partial charge is 0.303 e. The fourth-order valence-corrected chi connectivity index (χ4v) is 9.71. The molecule has 0 aromatic carbocycles. The van der Waals surface area contributed by atoms with Crippen molar-refractivity contribution in [1.29, 1.82) is 0 Å². The monoisotopic (exact) mass is 530 g/mol. The van der Waals surface area contributed by atoms with Gasteiger partial charge < -0.3 is 5.11 Å². The second kappa shape index (κ2) is 7.95. The molecule has 0 bridgehead atoms. The van der Waals surface area contributed by atoms with Crippen LogP contribution in [0.25, 0.3) is 0 Å². The number of fused-ring (bicyclic) bond motifs is 5. The lowest BCUT2D eigenvalue weighted by atomic mass is 9.46. The first kappa shape index (κ1) is 21.8. The van der Waals surface area contributed by atoms with Gasteiger partial charge in [0.05, 0.1) is 0 Å². The predicted molar refractivity (Wildman–Crippen MR) is 123 cm³/mol. The number of thioether (sulfide) groups is 1. The van der Waals surface area contributed by atoms with Crippen LogP contribution in [-0.2, 0) is 9.59 Å². The standard InChI is InChI=1S/C23H31IO4S/c1-22-10-9-18-16(17(22)7-4-13(22)5-8-20(26)27)6-3-14-11-15(25)12-19(23(14,18)2)29-21(24)28/h11,13,16-19H,3-10,12H2,1-2H3,(H,26,27)/t13-,16?,17?,18?,19-,22?,23?/m0/s1. The number of carboxylic acids is 1. The maximum Gasteiger partial charge on any atom is 0.303 e. The first-order valence-electron chi connectivity index (χ1n) is 11.0. The number of aliphatic carboxylic acids is 1. The first-order valence-corrected chi connectivity index (χ1v) is 12.9. The van der Waals surface area contributed by atoms with Crippen LogP contribution in [0.15, 0.2) is 11.6 Å². The van der Waals surface area contributed by atoms with E-state index in [4.69, 9.17) is 5.11 Å². The van der Waals surface area contributed by atoms with Gasteiger partial charge in [0.2, 0.25) is 3.12 Å². The van der Waals surface area contributed by atoms with E-state index in [1.807, 2.05) is 28.7 Å².